The van der Waals surface area contributed by atoms with E-state index >= 15 is 0 Å². The second kappa shape index (κ2) is 11.5. The lowest BCUT2D eigenvalue weighted by Crippen LogP contribution is -2.38. The molecule has 2 heterocycles. The second-order valence-corrected chi connectivity index (χ2v) is 11.4. The summed E-state index contributed by atoms with van der Waals surface area (Å²) in [6, 6.07) is 15.6. The molecule has 0 saturated carbocycles. The molecule has 0 saturated heterocycles. The largest absolute Gasteiger partial charge is 0.384 e. The summed E-state index contributed by atoms with van der Waals surface area (Å²) in [5.41, 5.74) is 8.81. The number of rotatable bonds is 7. The van der Waals surface area contributed by atoms with E-state index in [1.54, 1.807) is 4.90 Å². The molecule has 11 nitrogen and oxygen atoms in total. The first-order chi connectivity index (χ1) is 19.3. The molecule has 0 radical (unpaired) electrons. The molecule has 0 spiro atoms. The molecule has 3 N–H and O–H groups in total. The average molecular weight is 594 g/mol. The van der Waals surface area contributed by atoms with Gasteiger partial charge < -0.3 is 11.1 Å². The minimum Gasteiger partial charge on any atom is -0.384 e. The zero-order valence-electron chi connectivity index (χ0n) is 20.7. The summed E-state index contributed by atoms with van der Waals surface area (Å²) in [6.07, 6.45) is 1.62. The van der Waals surface area contributed by atoms with Gasteiger partial charge in [0.05, 0.1) is 28.2 Å². The van der Waals surface area contributed by atoms with Crippen molar-refractivity contribution in [3.63, 3.8) is 0 Å². The summed E-state index contributed by atoms with van der Waals surface area (Å²) in [6.45, 7) is 0. The first kappa shape index (κ1) is 27.3. The van der Waals surface area contributed by atoms with Gasteiger partial charge in [-0.25, -0.2) is 0 Å². The first-order valence-electron chi connectivity index (χ1n) is 12.0. The maximum Gasteiger partial charge on any atom is 0.289 e. The van der Waals surface area contributed by atoms with Crippen molar-refractivity contribution in [1.82, 2.24) is 10.2 Å². The second-order valence-electron chi connectivity index (χ2n) is 8.84. The highest BCUT2D eigenvalue weighted by Crippen LogP contribution is 2.47. The van der Waals surface area contributed by atoms with Crippen LogP contribution in [-0.2, 0) is 9.59 Å². The Hall–Kier alpha value is -4.25. The number of nitriles is 1. The van der Waals surface area contributed by atoms with Gasteiger partial charge in [0.25, 0.3) is 5.69 Å². The number of nitrogens with two attached hydrogens (primary N) is 1. The van der Waals surface area contributed by atoms with E-state index in [9.17, 15) is 25.0 Å². The van der Waals surface area contributed by atoms with Crippen molar-refractivity contribution in [2.45, 2.75) is 29.5 Å². The van der Waals surface area contributed by atoms with Gasteiger partial charge >= 0.3 is 0 Å². The molecule has 1 unspecified atom stereocenters. The molecule has 0 fully saturated rings. The fraction of sp³-hybridized carbons (Fsp3) is 0.192. The maximum atomic E-state index is 13.2. The van der Waals surface area contributed by atoms with Gasteiger partial charge in [0, 0.05) is 29.4 Å². The van der Waals surface area contributed by atoms with E-state index in [1.807, 2.05) is 30.3 Å². The van der Waals surface area contributed by atoms with Crippen LogP contribution in [-0.4, -0.2) is 32.6 Å². The number of aromatic nitrogens is 2. The lowest BCUT2D eigenvalue weighted by atomic mass is 9.76. The Bertz CT molecular complexity index is 1630. The topological polar surface area (TPSA) is 168 Å². The quantitative estimate of drug-likeness (QED) is 0.212. The van der Waals surface area contributed by atoms with Crippen LogP contribution < -0.4 is 16.0 Å². The van der Waals surface area contributed by atoms with Crippen molar-refractivity contribution in [3.05, 3.63) is 91.9 Å². The number of hydrogen-bond donors (Lipinski definition) is 2. The van der Waals surface area contributed by atoms with Crippen molar-refractivity contribution in [2.24, 2.45) is 5.73 Å². The molecular formula is C26H20ClN7O4S2. The summed E-state index contributed by atoms with van der Waals surface area (Å²) in [5, 5.41) is 32.6. The number of Topliss-reactive ketones (excluding diaryl/α,β-unsaturated/α-hetero) is 1. The van der Waals surface area contributed by atoms with Crippen molar-refractivity contribution < 1.29 is 14.5 Å². The van der Waals surface area contributed by atoms with Crippen LogP contribution in [0, 0.1) is 21.4 Å². The molecule has 5 rings (SSSR count). The number of nitrogens with one attached hydrogen (secondary N) is 1. The summed E-state index contributed by atoms with van der Waals surface area (Å²) >= 11 is 8.13. The molecule has 1 aromatic heterocycles. The van der Waals surface area contributed by atoms with E-state index < -0.39 is 16.7 Å². The number of carbonyl (C=O) groups excluding carboxylic acids is 2. The molecule has 1 aliphatic heterocycles. The SMILES string of the molecule is N#CC1=C(N)N(c2nnc(SCC(=O)Nc3ccc(Cl)c([N+](=O)[O-])c3)s2)C2=C(C(=O)CCC2)C1c1ccccc1. The van der Waals surface area contributed by atoms with Crippen molar-refractivity contribution >= 4 is 62.9 Å². The molecule has 202 valence electrons. The molecule has 2 aliphatic rings. The van der Waals surface area contributed by atoms with Crippen LogP contribution in [0.4, 0.5) is 16.5 Å². The number of thioether (sulfide) groups is 1. The molecule has 14 heteroatoms. The Kier molecular flexibility index (Phi) is 7.83. The van der Waals surface area contributed by atoms with Gasteiger partial charge in [-0.15, -0.1) is 10.2 Å². The molecule has 1 amide bonds. The summed E-state index contributed by atoms with van der Waals surface area (Å²) in [7, 11) is 0. The Morgan fingerprint density at radius 1 is 1.27 bits per heavy atom. The molecular weight excluding hydrogens is 574 g/mol. The summed E-state index contributed by atoms with van der Waals surface area (Å²) < 4.78 is 0.466. The monoisotopic (exact) mass is 593 g/mol. The minimum absolute atomic E-state index is 0.0291. The van der Waals surface area contributed by atoms with Gasteiger partial charge in [-0.3, -0.25) is 24.6 Å². The number of ketones is 1. The number of nitro benzene ring substituents is 1. The van der Waals surface area contributed by atoms with Crippen LogP contribution in [0.15, 0.2) is 75.5 Å². The highest BCUT2D eigenvalue weighted by molar-refractivity contribution is 8.01. The fourth-order valence-corrected chi connectivity index (χ4v) is 6.56. The Balaban J connectivity index is 1.38. The Morgan fingerprint density at radius 2 is 2.05 bits per heavy atom. The fourth-order valence-electron chi connectivity index (χ4n) is 4.69. The third-order valence-corrected chi connectivity index (χ3v) is 8.75. The minimum atomic E-state index is -0.628. The van der Waals surface area contributed by atoms with Crippen molar-refractivity contribution in [3.8, 4) is 6.07 Å². The van der Waals surface area contributed by atoms with Gasteiger partial charge in [-0.1, -0.05) is 65.0 Å². The number of hydrogen-bond acceptors (Lipinski definition) is 11. The number of halogens is 1. The zero-order chi connectivity index (χ0) is 28.4. The summed E-state index contributed by atoms with van der Waals surface area (Å²) in [4.78, 5) is 37.8. The standard InChI is InChI=1S/C26H20ClN7O4S2/c27-17-10-9-15(11-19(17)34(37)38)30-21(36)13-39-26-32-31-25(40-26)33-18-7-4-8-20(35)23(18)22(16(12-28)24(33)29)14-5-2-1-3-6-14/h1-3,5-6,9-11,22H,4,7-8,13,29H2,(H,30,36). The number of allylic oxidation sites excluding steroid dienone is 3. The third-order valence-electron chi connectivity index (χ3n) is 6.39. The van der Waals surface area contributed by atoms with Crippen LogP contribution in [0.5, 0.6) is 0 Å². The van der Waals surface area contributed by atoms with E-state index in [4.69, 9.17) is 17.3 Å². The van der Waals surface area contributed by atoms with Gasteiger partial charge in [0.15, 0.2) is 10.1 Å². The number of nitro groups is 1. The third kappa shape index (κ3) is 5.29. The molecule has 1 atom stereocenters. The van der Waals surface area contributed by atoms with Crippen molar-refractivity contribution in [1.29, 1.82) is 5.26 Å². The van der Waals surface area contributed by atoms with Gasteiger partial charge in [0.2, 0.25) is 11.0 Å². The van der Waals surface area contributed by atoms with Crippen LogP contribution in [0.2, 0.25) is 5.02 Å². The Labute approximate surface area is 241 Å². The number of carbonyl (C=O) groups is 2. The van der Waals surface area contributed by atoms with E-state index in [-0.39, 0.29) is 39.3 Å². The predicted molar refractivity (Wildman–Crippen MR) is 152 cm³/mol. The molecule has 0 bridgehead atoms. The molecule has 1 aliphatic carbocycles. The zero-order valence-corrected chi connectivity index (χ0v) is 23.1. The van der Waals surface area contributed by atoms with E-state index in [1.165, 1.54) is 29.5 Å². The highest BCUT2D eigenvalue weighted by Gasteiger charge is 2.41. The average Bonchev–Trinajstić information content (AvgIpc) is 3.41. The Morgan fingerprint density at radius 3 is 2.77 bits per heavy atom. The predicted octanol–water partition coefficient (Wildman–Crippen LogP) is 5.14. The van der Waals surface area contributed by atoms with Crippen molar-refractivity contribution in [2.75, 3.05) is 16.0 Å². The number of amides is 1. The lowest BCUT2D eigenvalue weighted by molar-refractivity contribution is -0.384. The smallest absolute Gasteiger partial charge is 0.289 e. The van der Waals surface area contributed by atoms with E-state index in [0.717, 1.165) is 17.3 Å². The first-order valence-corrected chi connectivity index (χ1v) is 14.2. The van der Waals surface area contributed by atoms with E-state index in [0.29, 0.717) is 40.0 Å². The molecule has 2 aromatic carbocycles. The number of benzene rings is 2. The number of anilines is 2. The molecule has 40 heavy (non-hydrogen) atoms. The lowest BCUT2D eigenvalue weighted by Gasteiger charge is -2.38. The number of nitrogens with zero attached hydrogens (tertiary/aromatic N) is 5. The van der Waals surface area contributed by atoms with Gasteiger partial charge in [-0.2, -0.15) is 5.26 Å². The van der Waals surface area contributed by atoms with Crippen LogP contribution in [0.1, 0.15) is 30.7 Å². The van der Waals surface area contributed by atoms with Gasteiger partial charge in [-0.05, 0) is 30.5 Å². The molecule has 3 aromatic rings. The summed E-state index contributed by atoms with van der Waals surface area (Å²) in [5.74, 6) is -0.837. The van der Waals surface area contributed by atoms with Crippen LogP contribution in [0.3, 0.4) is 0 Å². The highest BCUT2D eigenvalue weighted by atomic mass is 35.5. The maximum absolute atomic E-state index is 13.2. The van der Waals surface area contributed by atoms with Crippen LogP contribution in [0.25, 0.3) is 0 Å². The normalized spacial score (nSPS) is 16.9. The van der Waals surface area contributed by atoms with Crippen LogP contribution >= 0.6 is 34.7 Å². The van der Waals surface area contributed by atoms with Gasteiger partial charge in [0.1, 0.15) is 10.8 Å². The van der Waals surface area contributed by atoms with E-state index in [2.05, 4.69) is 21.6 Å².